The first-order valence-electron chi connectivity index (χ1n) is 5.11. The third-order valence-corrected chi connectivity index (χ3v) is 2.92. The van der Waals surface area contributed by atoms with E-state index < -0.39 is 0 Å². The second-order valence-electron chi connectivity index (χ2n) is 3.55. The van der Waals surface area contributed by atoms with Gasteiger partial charge < -0.3 is 11.1 Å². The van der Waals surface area contributed by atoms with Crippen LogP contribution in [-0.4, -0.2) is 16.9 Å². The van der Waals surface area contributed by atoms with E-state index in [0.717, 1.165) is 12.1 Å². The predicted molar refractivity (Wildman–Crippen MR) is 62.7 cm³/mol. The zero-order valence-corrected chi connectivity index (χ0v) is 9.93. The molecule has 0 aliphatic rings. The van der Waals surface area contributed by atoms with E-state index in [0.29, 0.717) is 18.0 Å². The van der Waals surface area contributed by atoms with Crippen molar-refractivity contribution in [3.05, 3.63) is 11.1 Å². The van der Waals surface area contributed by atoms with Gasteiger partial charge in [0.1, 0.15) is 0 Å². The highest BCUT2D eigenvalue weighted by atomic mass is 32.1. The summed E-state index contributed by atoms with van der Waals surface area (Å²) in [7, 11) is 0. The summed E-state index contributed by atoms with van der Waals surface area (Å²) in [5.41, 5.74) is 6.39. The summed E-state index contributed by atoms with van der Waals surface area (Å²) in [5, 5.41) is 5.37. The number of nitrogens with two attached hydrogens (primary N) is 1. The second-order valence-corrected chi connectivity index (χ2v) is 4.44. The van der Waals surface area contributed by atoms with E-state index >= 15 is 0 Å². The van der Waals surface area contributed by atoms with Crippen LogP contribution in [0.5, 0.6) is 0 Å². The Bertz CT molecular complexity index is 324. The summed E-state index contributed by atoms with van der Waals surface area (Å²) in [5.74, 6) is 0.0796. The van der Waals surface area contributed by atoms with Crippen molar-refractivity contribution in [3.63, 3.8) is 0 Å². The van der Waals surface area contributed by atoms with Gasteiger partial charge in [-0.1, -0.05) is 6.92 Å². The number of nitrogens with one attached hydrogen (secondary N) is 1. The summed E-state index contributed by atoms with van der Waals surface area (Å²) in [6.07, 6.45) is 2.10. The van der Waals surface area contributed by atoms with Crippen LogP contribution in [0, 0.1) is 0 Å². The lowest BCUT2D eigenvalue weighted by atomic mass is 10.2. The monoisotopic (exact) mass is 227 g/mol. The summed E-state index contributed by atoms with van der Waals surface area (Å²) in [6.45, 7) is 4.05. The molecule has 1 amide bonds. The van der Waals surface area contributed by atoms with Gasteiger partial charge in [-0.05, 0) is 19.8 Å². The van der Waals surface area contributed by atoms with Crippen molar-refractivity contribution < 1.29 is 4.79 Å². The first kappa shape index (κ1) is 12.0. The highest BCUT2D eigenvalue weighted by Gasteiger charge is 2.06. The van der Waals surface area contributed by atoms with Crippen molar-refractivity contribution in [2.45, 2.75) is 39.2 Å². The summed E-state index contributed by atoms with van der Waals surface area (Å²) >= 11 is 1.41. The van der Waals surface area contributed by atoms with Crippen molar-refractivity contribution in [1.82, 2.24) is 10.3 Å². The van der Waals surface area contributed by atoms with Crippen LogP contribution in [-0.2, 0) is 11.2 Å². The van der Waals surface area contributed by atoms with E-state index in [1.807, 2.05) is 19.2 Å². The predicted octanol–water partition coefficient (Wildman–Crippen LogP) is 1.57. The van der Waals surface area contributed by atoms with Gasteiger partial charge in [-0.2, -0.15) is 0 Å². The summed E-state index contributed by atoms with van der Waals surface area (Å²) in [4.78, 5) is 15.5. The molecule has 15 heavy (non-hydrogen) atoms. The van der Waals surface area contributed by atoms with Crippen LogP contribution in [0.3, 0.4) is 0 Å². The highest BCUT2D eigenvalue weighted by Crippen LogP contribution is 2.12. The lowest BCUT2D eigenvalue weighted by Crippen LogP contribution is -2.32. The second kappa shape index (κ2) is 5.70. The van der Waals surface area contributed by atoms with E-state index in [1.54, 1.807) is 0 Å². The van der Waals surface area contributed by atoms with Crippen LogP contribution in [0.1, 0.15) is 32.4 Å². The lowest BCUT2D eigenvalue weighted by molar-refractivity contribution is -0.121. The van der Waals surface area contributed by atoms with Crippen LogP contribution >= 0.6 is 11.3 Å². The zero-order valence-electron chi connectivity index (χ0n) is 9.12. The van der Waals surface area contributed by atoms with Crippen LogP contribution in [0.2, 0.25) is 0 Å². The molecule has 1 heterocycles. The molecule has 0 aromatic carbocycles. The number of aryl methyl sites for hydroxylation is 1. The van der Waals surface area contributed by atoms with Gasteiger partial charge >= 0.3 is 0 Å². The Morgan fingerprint density at radius 2 is 2.47 bits per heavy atom. The molecule has 4 nitrogen and oxygen atoms in total. The molecule has 1 aromatic heterocycles. The third kappa shape index (κ3) is 4.29. The maximum atomic E-state index is 11.4. The number of nitrogens with zero attached hydrogens (tertiary/aromatic N) is 1. The Morgan fingerprint density at radius 1 is 1.73 bits per heavy atom. The number of carbonyl (C=O) groups is 1. The number of carbonyl (C=O) groups excluding carboxylic acids is 1. The van der Waals surface area contributed by atoms with Crippen molar-refractivity contribution in [2.24, 2.45) is 0 Å². The molecule has 5 heteroatoms. The van der Waals surface area contributed by atoms with Gasteiger partial charge in [0, 0.05) is 17.8 Å². The minimum Gasteiger partial charge on any atom is -0.375 e. The number of thiazole rings is 1. The van der Waals surface area contributed by atoms with Gasteiger partial charge in [0.25, 0.3) is 0 Å². The Balaban J connectivity index is 2.28. The molecular weight excluding hydrogens is 210 g/mol. The van der Waals surface area contributed by atoms with E-state index in [2.05, 4.69) is 10.3 Å². The molecule has 0 aliphatic carbocycles. The maximum Gasteiger partial charge on any atom is 0.220 e. The first-order chi connectivity index (χ1) is 7.11. The van der Waals surface area contributed by atoms with Gasteiger partial charge in [0.2, 0.25) is 5.91 Å². The van der Waals surface area contributed by atoms with Crippen LogP contribution < -0.4 is 11.1 Å². The standard InChI is InChI=1S/C10H17N3OS/c1-3-7(2)12-9(14)5-4-8-6-15-10(11)13-8/h6-7H,3-5H2,1-2H3,(H2,11,13)(H,12,14). The number of amides is 1. The van der Waals surface area contributed by atoms with E-state index in [4.69, 9.17) is 5.73 Å². The van der Waals surface area contributed by atoms with Crippen molar-refractivity contribution in [1.29, 1.82) is 0 Å². The van der Waals surface area contributed by atoms with E-state index in [1.165, 1.54) is 11.3 Å². The number of aromatic nitrogens is 1. The molecule has 0 spiro atoms. The van der Waals surface area contributed by atoms with Crippen molar-refractivity contribution in [2.75, 3.05) is 5.73 Å². The molecule has 1 aromatic rings. The minimum absolute atomic E-state index is 0.0796. The van der Waals surface area contributed by atoms with Crippen LogP contribution in [0.15, 0.2) is 5.38 Å². The Kier molecular flexibility index (Phi) is 4.55. The number of rotatable bonds is 5. The molecule has 0 aliphatic heterocycles. The Hall–Kier alpha value is -1.10. The number of hydrogen-bond acceptors (Lipinski definition) is 4. The van der Waals surface area contributed by atoms with Gasteiger partial charge in [0.15, 0.2) is 5.13 Å². The molecule has 0 saturated heterocycles. The average molecular weight is 227 g/mol. The van der Waals surface area contributed by atoms with Crippen molar-refractivity contribution in [3.8, 4) is 0 Å². The highest BCUT2D eigenvalue weighted by molar-refractivity contribution is 7.13. The fourth-order valence-electron chi connectivity index (χ4n) is 1.13. The molecule has 1 rings (SSSR count). The normalized spacial score (nSPS) is 12.4. The average Bonchev–Trinajstić information content (AvgIpc) is 2.61. The Morgan fingerprint density at radius 3 is 3.00 bits per heavy atom. The minimum atomic E-state index is 0.0796. The molecule has 0 saturated carbocycles. The van der Waals surface area contributed by atoms with Gasteiger partial charge in [-0.25, -0.2) is 4.98 Å². The largest absolute Gasteiger partial charge is 0.375 e. The topological polar surface area (TPSA) is 68.0 Å². The molecule has 1 atom stereocenters. The van der Waals surface area contributed by atoms with Gasteiger partial charge in [0.05, 0.1) is 5.69 Å². The molecule has 84 valence electrons. The number of nitrogen functional groups attached to an aromatic ring is 1. The Labute approximate surface area is 93.9 Å². The third-order valence-electron chi connectivity index (χ3n) is 2.20. The van der Waals surface area contributed by atoms with Crippen LogP contribution in [0.4, 0.5) is 5.13 Å². The molecule has 0 radical (unpaired) electrons. The molecular formula is C10H17N3OS. The molecule has 0 bridgehead atoms. The lowest BCUT2D eigenvalue weighted by Gasteiger charge is -2.10. The zero-order chi connectivity index (χ0) is 11.3. The number of hydrogen-bond donors (Lipinski definition) is 2. The van der Waals surface area contributed by atoms with Crippen LogP contribution in [0.25, 0.3) is 0 Å². The summed E-state index contributed by atoms with van der Waals surface area (Å²) < 4.78 is 0. The van der Waals surface area contributed by atoms with Crippen molar-refractivity contribution >= 4 is 22.4 Å². The van der Waals surface area contributed by atoms with Gasteiger partial charge in [-0.3, -0.25) is 4.79 Å². The maximum absolute atomic E-state index is 11.4. The number of anilines is 1. The van der Waals surface area contributed by atoms with E-state index in [9.17, 15) is 4.79 Å². The smallest absolute Gasteiger partial charge is 0.220 e. The molecule has 3 N–H and O–H groups in total. The fourth-order valence-corrected chi connectivity index (χ4v) is 1.73. The quantitative estimate of drug-likeness (QED) is 0.802. The van der Waals surface area contributed by atoms with E-state index in [-0.39, 0.29) is 11.9 Å². The molecule has 1 unspecified atom stereocenters. The van der Waals surface area contributed by atoms with Gasteiger partial charge in [-0.15, -0.1) is 11.3 Å². The fraction of sp³-hybridized carbons (Fsp3) is 0.600. The SMILES string of the molecule is CCC(C)NC(=O)CCc1csc(N)n1. The first-order valence-corrected chi connectivity index (χ1v) is 5.99. The molecule has 0 fully saturated rings. The summed E-state index contributed by atoms with van der Waals surface area (Å²) in [6, 6.07) is 0.248.